The highest BCUT2D eigenvalue weighted by atomic mass is 35.5. The van der Waals surface area contributed by atoms with Crippen LogP contribution in [0.2, 0.25) is 5.02 Å². The molecule has 0 aliphatic carbocycles. The first kappa shape index (κ1) is 23.8. The van der Waals surface area contributed by atoms with Gasteiger partial charge in [-0.15, -0.1) is 4.72 Å². The van der Waals surface area contributed by atoms with E-state index in [1.165, 1.54) is 12.1 Å². The zero-order valence-electron chi connectivity index (χ0n) is 17.0. The van der Waals surface area contributed by atoms with Crippen molar-refractivity contribution in [2.75, 3.05) is 6.61 Å². The van der Waals surface area contributed by atoms with Gasteiger partial charge >= 0.3 is 6.18 Å². The van der Waals surface area contributed by atoms with Gasteiger partial charge in [0.2, 0.25) is 0 Å². The number of carbonyl (C=O) groups is 1. The molecule has 0 saturated heterocycles. The zero-order chi connectivity index (χ0) is 23.4. The molecule has 3 rings (SSSR count). The molecule has 0 fully saturated rings. The number of hydrogen-bond donors (Lipinski definition) is 1. The average molecular weight is 479 g/mol. The van der Waals surface area contributed by atoms with Crippen LogP contribution in [-0.2, 0) is 16.9 Å². The fraction of sp³-hybridized carbons (Fsp3) is 0.400. The maximum Gasteiger partial charge on any atom is 0.456 e. The van der Waals surface area contributed by atoms with Gasteiger partial charge in [0.25, 0.3) is 5.78 Å². The Kier molecular flexibility index (Phi) is 6.07. The number of rotatable bonds is 4. The zero-order valence-corrected chi connectivity index (χ0v) is 18.6. The Morgan fingerprint density at radius 2 is 1.94 bits per heavy atom. The van der Waals surface area contributed by atoms with Crippen LogP contribution in [0.4, 0.5) is 17.6 Å². The lowest BCUT2D eigenvalue weighted by Gasteiger charge is -2.31. The van der Waals surface area contributed by atoms with Crippen molar-refractivity contribution in [2.24, 2.45) is 0 Å². The first-order valence-electron chi connectivity index (χ1n) is 9.08. The summed E-state index contributed by atoms with van der Waals surface area (Å²) in [5, 5.41) is -0.270. The number of fused-ring (bicyclic) bond motifs is 1. The van der Waals surface area contributed by atoms with Gasteiger partial charge in [0.05, 0.1) is 5.02 Å². The first-order valence-corrected chi connectivity index (χ1v) is 10.6. The third-order valence-corrected chi connectivity index (χ3v) is 6.67. The largest absolute Gasteiger partial charge is 0.598 e. The SMILES string of the molecule is CC1(N[S+]([O-])C(C)(C)C)COc2c1cc(C(=O)C(F)(F)F)nc2-c1ccc(F)c(Cl)c1. The van der Waals surface area contributed by atoms with E-state index in [2.05, 4.69) is 9.71 Å². The summed E-state index contributed by atoms with van der Waals surface area (Å²) >= 11 is 4.23. The maximum absolute atomic E-state index is 13.6. The molecule has 2 unspecified atom stereocenters. The summed E-state index contributed by atoms with van der Waals surface area (Å²) < 4.78 is 73.6. The van der Waals surface area contributed by atoms with Crippen molar-refractivity contribution in [3.8, 4) is 17.0 Å². The van der Waals surface area contributed by atoms with Gasteiger partial charge in [0, 0.05) is 22.5 Å². The van der Waals surface area contributed by atoms with Crippen LogP contribution < -0.4 is 9.46 Å². The van der Waals surface area contributed by atoms with E-state index in [0.29, 0.717) is 0 Å². The molecule has 168 valence electrons. The smallest absolute Gasteiger partial charge is 0.456 e. The van der Waals surface area contributed by atoms with Crippen molar-refractivity contribution in [2.45, 2.75) is 44.2 Å². The van der Waals surface area contributed by atoms with Crippen LogP contribution >= 0.6 is 11.6 Å². The molecule has 0 spiro atoms. The third-order valence-electron chi connectivity index (χ3n) is 4.63. The van der Waals surface area contributed by atoms with Gasteiger partial charge < -0.3 is 9.29 Å². The van der Waals surface area contributed by atoms with Gasteiger partial charge in [-0.2, -0.15) is 13.2 Å². The molecule has 1 aromatic heterocycles. The van der Waals surface area contributed by atoms with E-state index in [1.54, 1.807) is 27.7 Å². The van der Waals surface area contributed by atoms with Crippen molar-refractivity contribution in [1.82, 2.24) is 9.71 Å². The summed E-state index contributed by atoms with van der Waals surface area (Å²) in [6.45, 7) is 6.72. The fourth-order valence-electron chi connectivity index (χ4n) is 2.93. The average Bonchev–Trinajstić information content (AvgIpc) is 2.98. The van der Waals surface area contributed by atoms with Crippen LogP contribution in [0.1, 0.15) is 43.7 Å². The van der Waals surface area contributed by atoms with Gasteiger partial charge in [0.15, 0.2) is 5.75 Å². The van der Waals surface area contributed by atoms with E-state index >= 15 is 0 Å². The number of alkyl halides is 3. The second-order valence-corrected chi connectivity index (χ2v) is 10.7. The van der Waals surface area contributed by atoms with Crippen LogP contribution in [0.3, 0.4) is 0 Å². The standard InChI is InChI=1S/C20H19ClF4N2O3S/c1-18(2,3)31(29)27-19(4)9-30-16-11(19)8-14(17(28)20(23,24)25)26-15(16)10-5-6-13(22)12(21)7-10/h5-8,27H,9H2,1-4H3. The molecule has 1 aromatic carbocycles. The lowest BCUT2D eigenvalue weighted by atomic mass is 9.93. The third kappa shape index (κ3) is 4.67. The summed E-state index contributed by atoms with van der Waals surface area (Å²) in [5.41, 5.74) is -1.78. The number of benzene rings is 1. The van der Waals surface area contributed by atoms with Crippen molar-refractivity contribution in [1.29, 1.82) is 0 Å². The Labute approximate surface area is 184 Å². The molecule has 2 aromatic rings. The van der Waals surface area contributed by atoms with Crippen LogP contribution in [0, 0.1) is 5.82 Å². The molecule has 1 N–H and O–H groups in total. The molecule has 11 heteroatoms. The molecule has 2 heterocycles. The second-order valence-electron chi connectivity index (χ2n) is 8.29. The summed E-state index contributed by atoms with van der Waals surface area (Å²) in [5.74, 6) is -2.77. The minimum atomic E-state index is -5.16. The van der Waals surface area contributed by atoms with Crippen molar-refractivity contribution >= 4 is 28.7 Å². The Balaban J connectivity index is 2.21. The highest BCUT2D eigenvalue weighted by molar-refractivity contribution is 7.90. The molecule has 0 radical (unpaired) electrons. The minimum absolute atomic E-state index is 0.0720. The van der Waals surface area contributed by atoms with E-state index in [-0.39, 0.29) is 34.2 Å². The number of ether oxygens (including phenoxy) is 1. The predicted molar refractivity (Wildman–Crippen MR) is 109 cm³/mol. The number of pyridine rings is 1. The molecule has 0 amide bonds. The number of hydrogen-bond acceptors (Lipinski definition) is 5. The van der Waals surface area contributed by atoms with E-state index in [9.17, 15) is 26.9 Å². The lowest BCUT2D eigenvalue weighted by molar-refractivity contribution is -0.0888. The minimum Gasteiger partial charge on any atom is -0.598 e. The van der Waals surface area contributed by atoms with E-state index in [1.807, 2.05) is 0 Å². The summed E-state index contributed by atoms with van der Waals surface area (Å²) in [4.78, 5) is 15.8. The summed E-state index contributed by atoms with van der Waals surface area (Å²) in [6.07, 6.45) is -5.16. The van der Waals surface area contributed by atoms with Crippen LogP contribution in [-0.4, -0.2) is 32.9 Å². The van der Waals surface area contributed by atoms with Crippen LogP contribution in [0.5, 0.6) is 5.75 Å². The number of Topliss-reactive ketones (excluding diaryl/α,β-unsaturated/α-hetero) is 1. The molecular formula is C20H19ClF4N2O3S. The number of carbonyl (C=O) groups excluding carboxylic acids is 1. The molecular weight excluding hydrogens is 460 g/mol. The van der Waals surface area contributed by atoms with Crippen molar-refractivity contribution in [3.05, 3.63) is 46.4 Å². The normalized spacial score (nSPS) is 19.7. The van der Waals surface area contributed by atoms with Crippen LogP contribution in [0.25, 0.3) is 11.3 Å². The highest BCUT2D eigenvalue weighted by Gasteiger charge is 2.47. The topological polar surface area (TPSA) is 74.3 Å². The van der Waals surface area contributed by atoms with Crippen molar-refractivity contribution < 1.29 is 31.6 Å². The predicted octanol–water partition coefficient (Wildman–Crippen LogP) is 4.95. The summed E-state index contributed by atoms with van der Waals surface area (Å²) in [6, 6.07) is 4.47. The summed E-state index contributed by atoms with van der Waals surface area (Å²) in [7, 11) is 0. The highest BCUT2D eigenvalue weighted by Crippen LogP contribution is 2.45. The Morgan fingerprint density at radius 3 is 2.48 bits per heavy atom. The van der Waals surface area contributed by atoms with E-state index in [0.717, 1.165) is 12.1 Å². The monoisotopic (exact) mass is 478 g/mol. The Hall–Kier alpha value is -1.88. The Bertz CT molecular complexity index is 1040. The molecule has 0 saturated carbocycles. The van der Waals surface area contributed by atoms with E-state index < -0.39 is 45.1 Å². The molecule has 5 nitrogen and oxygen atoms in total. The lowest BCUT2D eigenvalue weighted by Crippen LogP contribution is -2.50. The fourth-order valence-corrected chi connectivity index (χ4v) is 3.99. The molecule has 1 aliphatic rings. The molecule has 0 bridgehead atoms. The quantitative estimate of drug-likeness (QED) is 0.382. The molecule has 2 atom stereocenters. The maximum atomic E-state index is 13.6. The number of nitrogens with one attached hydrogen (secondary N) is 1. The number of nitrogens with zero attached hydrogens (tertiary/aromatic N) is 1. The second kappa shape index (κ2) is 7.91. The van der Waals surface area contributed by atoms with Gasteiger partial charge in [-0.25, -0.2) is 9.37 Å². The van der Waals surface area contributed by atoms with Gasteiger partial charge in [-0.1, -0.05) is 11.6 Å². The van der Waals surface area contributed by atoms with Gasteiger partial charge in [0.1, 0.15) is 34.1 Å². The first-order chi connectivity index (χ1) is 14.1. The number of ketones is 1. The molecule has 31 heavy (non-hydrogen) atoms. The van der Waals surface area contributed by atoms with E-state index in [4.69, 9.17) is 16.3 Å². The molecule has 1 aliphatic heterocycles. The number of halogens is 5. The van der Waals surface area contributed by atoms with Gasteiger partial charge in [-0.05, 0) is 52.0 Å². The Morgan fingerprint density at radius 1 is 1.29 bits per heavy atom. The van der Waals surface area contributed by atoms with Crippen LogP contribution in [0.15, 0.2) is 24.3 Å². The number of aromatic nitrogens is 1. The van der Waals surface area contributed by atoms with Crippen molar-refractivity contribution in [3.63, 3.8) is 0 Å². The van der Waals surface area contributed by atoms with Gasteiger partial charge in [-0.3, -0.25) is 4.79 Å².